The second-order valence-electron chi connectivity index (χ2n) is 2.57. The van der Waals surface area contributed by atoms with E-state index >= 15 is 0 Å². The molecule has 14 heavy (non-hydrogen) atoms. The van der Waals surface area contributed by atoms with E-state index in [0.717, 1.165) is 0 Å². The Hall–Kier alpha value is -0.500. The number of carbonyl (C=O) groups is 1. The SMILES string of the molecule is N[C@@H](CC(=O)OP(=O)(O)O)[C@H](O)CO. The van der Waals surface area contributed by atoms with Gasteiger partial charge >= 0.3 is 13.8 Å². The molecule has 0 aliphatic rings. The first-order valence-corrected chi connectivity index (χ1v) is 5.11. The number of aliphatic hydroxyl groups is 2. The topological polar surface area (TPSA) is 150 Å². The molecule has 0 spiro atoms. The predicted octanol–water partition coefficient (Wildman–Crippen LogP) is -2.31. The Balaban J connectivity index is 4.01. The van der Waals surface area contributed by atoms with Crippen molar-refractivity contribution in [2.75, 3.05) is 6.61 Å². The molecule has 0 saturated carbocycles. The summed E-state index contributed by atoms with van der Waals surface area (Å²) in [7, 11) is -4.87. The lowest BCUT2D eigenvalue weighted by Crippen LogP contribution is -2.39. The van der Waals surface area contributed by atoms with Crippen LogP contribution >= 0.6 is 7.82 Å². The van der Waals surface area contributed by atoms with Crippen molar-refractivity contribution in [2.45, 2.75) is 18.6 Å². The van der Waals surface area contributed by atoms with Crippen LogP contribution in [0.3, 0.4) is 0 Å². The molecule has 0 saturated heterocycles. The van der Waals surface area contributed by atoms with Crippen molar-refractivity contribution in [3.8, 4) is 0 Å². The van der Waals surface area contributed by atoms with E-state index in [1.807, 2.05) is 0 Å². The number of nitrogens with two attached hydrogens (primary N) is 1. The summed E-state index contributed by atoms with van der Waals surface area (Å²) in [6.07, 6.45) is -1.92. The van der Waals surface area contributed by atoms with E-state index < -0.39 is 39.0 Å². The fourth-order valence-corrected chi connectivity index (χ4v) is 0.974. The Kier molecular flexibility index (Phi) is 5.21. The first-order chi connectivity index (χ1) is 6.26. The lowest BCUT2D eigenvalue weighted by Gasteiger charge is -2.15. The number of aliphatic hydroxyl groups excluding tert-OH is 2. The second kappa shape index (κ2) is 5.40. The largest absolute Gasteiger partial charge is 0.526 e. The maximum Gasteiger partial charge on any atom is 0.526 e. The maximum absolute atomic E-state index is 10.7. The molecule has 0 aromatic rings. The van der Waals surface area contributed by atoms with Crippen LogP contribution in [0, 0.1) is 0 Å². The molecular formula is C5H12NO7P. The van der Waals surface area contributed by atoms with E-state index in [1.165, 1.54) is 0 Å². The monoisotopic (exact) mass is 229 g/mol. The maximum atomic E-state index is 10.7. The zero-order valence-corrected chi connectivity index (χ0v) is 8.00. The lowest BCUT2D eigenvalue weighted by atomic mass is 10.1. The standard InChI is InChI=1S/C5H12NO7P/c6-3(4(8)2-7)1-5(9)13-14(10,11)12/h3-4,7-8H,1-2,6H2,(H2,10,11,12)/t3-,4+/m0/s1. The molecule has 0 rings (SSSR count). The summed E-state index contributed by atoms with van der Waals surface area (Å²) in [5.41, 5.74) is 5.18. The van der Waals surface area contributed by atoms with Crippen molar-refractivity contribution in [1.29, 1.82) is 0 Å². The Morgan fingerprint density at radius 2 is 2.00 bits per heavy atom. The van der Waals surface area contributed by atoms with Gasteiger partial charge in [-0.15, -0.1) is 0 Å². The molecular weight excluding hydrogens is 217 g/mol. The summed E-state index contributed by atoms with van der Waals surface area (Å²) in [6.45, 7) is -0.648. The van der Waals surface area contributed by atoms with Crippen LogP contribution in [0.25, 0.3) is 0 Å². The summed E-state index contributed by atoms with van der Waals surface area (Å²) < 4.78 is 13.8. The van der Waals surface area contributed by atoms with Gasteiger partial charge in [-0.25, -0.2) is 4.57 Å². The first-order valence-electron chi connectivity index (χ1n) is 3.58. The quantitative estimate of drug-likeness (QED) is 0.330. The molecule has 0 heterocycles. The van der Waals surface area contributed by atoms with Gasteiger partial charge in [0.25, 0.3) is 0 Å². The molecule has 0 radical (unpaired) electrons. The van der Waals surface area contributed by atoms with Crippen LogP contribution < -0.4 is 5.73 Å². The van der Waals surface area contributed by atoms with Crippen molar-refractivity contribution in [2.24, 2.45) is 5.73 Å². The zero-order chi connectivity index (χ0) is 11.4. The van der Waals surface area contributed by atoms with Crippen molar-refractivity contribution in [1.82, 2.24) is 0 Å². The summed E-state index contributed by atoms with van der Waals surface area (Å²) in [5, 5.41) is 17.3. The smallest absolute Gasteiger partial charge is 0.394 e. The van der Waals surface area contributed by atoms with Gasteiger partial charge in [-0.05, 0) is 0 Å². The van der Waals surface area contributed by atoms with Crippen LogP contribution in [0.15, 0.2) is 0 Å². The van der Waals surface area contributed by atoms with Crippen LogP contribution in [-0.4, -0.2) is 44.7 Å². The molecule has 0 unspecified atom stereocenters. The molecule has 0 amide bonds. The Bertz CT molecular complexity index is 238. The van der Waals surface area contributed by atoms with Gasteiger partial charge in [-0.2, -0.15) is 0 Å². The minimum atomic E-state index is -4.87. The molecule has 0 aromatic heterocycles. The summed E-state index contributed by atoms with van der Waals surface area (Å²) >= 11 is 0. The van der Waals surface area contributed by atoms with Crippen LogP contribution in [0.5, 0.6) is 0 Å². The molecule has 0 aromatic carbocycles. The highest BCUT2D eigenvalue weighted by molar-refractivity contribution is 7.46. The molecule has 8 nitrogen and oxygen atoms in total. The van der Waals surface area contributed by atoms with E-state index in [1.54, 1.807) is 0 Å². The van der Waals surface area contributed by atoms with Gasteiger partial charge < -0.3 is 20.5 Å². The fraction of sp³-hybridized carbons (Fsp3) is 0.800. The third-order valence-electron chi connectivity index (χ3n) is 1.30. The third kappa shape index (κ3) is 6.03. The third-order valence-corrected chi connectivity index (χ3v) is 1.75. The molecule has 0 aliphatic carbocycles. The number of hydrogen-bond acceptors (Lipinski definition) is 6. The lowest BCUT2D eigenvalue weighted by molar-refractivity contribution is -0.136. The minimum Gasteiger partial charge on any atom is -0.394 e. The van der Waals surface area contributed by atoms with Crippen LogP contribution in [0.4, 0.5) is 0 Å². The van der Waals surface area contributed by atoms with Gasteiger partial charge in [0, 0.05) is 6.04 Å². The van der Waals surface area contributed by atoms with Gasteiger partial charge in [0.15, 0.2) is 0 Å². The Morgan fingerprint density at radius 1 is 1.50 bits per heavy atom. The average Bonchev–Trinajstić information content (AvgIpc) is 1.99. The van der Waals surface area contributed by atoms with Gasteiger partial charge in [0.05, 0.1) is 19.1 Å². The zero-order valence-electron chi connectivity index (χ0n) is 7.11. The highest BCUT2D eigenvalue weighted by Crippen LogP contribution is 2.36. The average molecular weight is 229 g/mol. The molecule has 0 bridgehead atoms. The second-order valence-corrected chi connectivity index (χ2v) is 3.74. The van der Waals surface area contributed by atoms with Gasteiger partial charge in [0.1, 0.15) is 0 Å². The number of phosphoric ester groups is 1. The van der Waals surface area contributed by atoms with Crippen LogP contribution in [0.1, 0.15) is 6.42 Å². The van der Waals surface area contributed by atoms with Gasteiger partial charge in [-0.1, -0.05) is 0 Å². The van der Waals surface area contributed by atoms with Crippen molar-refractivity contribution >= 4 is 13.8 Å². The van der Waals surface area contributed by atoms with Crippen molar-refractivity contribution < 1.29 is 33.9 Å². The van der Waals surface area contributed by atoms with Crippen molar-refractivity contribution in [3.63, 3.8) is 0 Å². The molecule has 0 fully saturated rings. The normalized spacial score (nSPS) is 16.1. The molecule has 9 heteroatoms. The Morgan fingerprint density at radius 3 is 2.36 bits per heavy atom. The van der Waals surface area contributed by atoms with E-state index in [2.05, 4.69) is 4.52 Å². The Labute approximate surface area is 79.5 Å². The molecule has 0 aliphatic heterocycles. The van der Waals surface area contributed by atoms with Crippen LogP contribution in [-0.2, 0) is 13.9 Å². The molecule has 84 valence electrons. The minimum absolute atomic E-state index is 0.590. The van der Waals surface area contributed by atoms with E-state index in [-0.39, 0.29) is 0 Å². The van der Waals surface area contributed by atoms with Gasteiger partial charge in [0.2, 0.25) is 0 Å². The first kappa shape index (κ1) is 13.5. The summed E-state index contributed by atoms with van der Waals surface area (Å²) in [5.74, 6) is -1.24. The summed E-state index contributed by atoms with van der Waals surface area (Å²) in [4.78, 5) is 27.1. The number of carbonyl (C=O) groups excluding carboxylic acids is 1. The van der Waals surface area contributed by atoms with Crippen LogP contribution in [0.2, 0.25) is 0 Å². The summed E-state index contributed by atoms with van der Waals surface area (Å²) in [6, 6.07) is -1.13. The van der Waals surface area contributed by atoms with Gasteiger partial charge in [-0.3, -0.25) is 14.6 Å². The number of rotatable bonds is 5. The highest BCUT2D eigenvalue weighted by atomic mass is 31.2. The predicted molar refractivity (Wildman–Crippen MR) is 43.8 cm³/mol. The van der Waals surface area contributed by atoms with E-state index in [9.17, 15) is 9.36 Å². The highest BCUT2D eigenvalue weighted by Gasteiger charge is 2.24. The van der Waals surface area contributed by atoms with E-state index in [0.29, 0.717) is 0 Å². The number of hydrogen-bond donors (Lipinski definition) is 5. The molecule has 2 atom stereocenters. The van der Waals surface area contributed by atoms with E-state index in [4.69, 9.17) is 25.7 Å². The fourth-order valence-electron chi connectivity index (χ4n) is 0.634. The molecule has 6 N–H and O–H groups in total. The number of phosphoric acid groups is 1. The van der Waals surface area contributed by atoms with Crippen molar-refractivity contribution in [3.05, 3.63) is 0 Å².